The van der Waals surface area contributed by atoms with Crippen molar-refractivity contribution in [3.63, 3.8) is 0 Å². The van der Waals surface area contributed by atoms with Crippen LogP contribution in [0.25, 0.3) is 0 Å². The summed E-state index contributed by atoms with van der Waals surface area (Å²) in [6, 6.07) is 7.17. The van der Waals surface area contributed by atoms with Gasteiger partial charge in [-0.15, -0.1) is 0 Å². The van der Waals surface area contributed by atoms with Gasteiger partial charge in [-0.3, -0.25) is 0 Å². The Morgan fingerprint density at radius 3 is 2.24 bits per heavy atom. The maximum Gasteiger partial charge on any atom is 0.194 e. The van der Waals surface area contributed by atoms with Crippen LogP contribution < -0.4 is 5.32 Å². The number of hydrogen-bond acceptors (Lipinski definition) is 1. The van der Waals surface area contributed by atoms with E-state index in [1.807, 2.05) is 6.07 Å². The highest BCUT2D eigenvalue weighted by Gasteiger charge is 2.10. The zero-order valence-electron chi connectivity index (χ0n) is 10.9. The van der Waals surface area contributed by atoms with E-state index in [1.165, 1.54) is 0 Å². The molecule has 2 aromatic rings. The summed E-state index contributed by atoms with van der Waals surface area (Å²) in [6.45, 7) is 0.793. The molecule has 1 N–H and O–H groups in total. The first-order chi connectivity index (χ1) is 9.97. The number of benzene rings is 2. The van der Waals surface area contributed by atoms with Crippen LogP contribution in [0, 0.1) is 17.5 Å². The van der Waals surface area contributed by atoms with Crippen molar-refractivity contribution in [3.05, 3.63) is 69.0 Å². The Morgan fingerprint density at radius 1 is 0.952 bits per heavy atom. The van der Waals surface area contributed by atoms with Crippen LogP contribution in [-0.4, -0.2) is 6.54 Å². The molecule has 0 spiro atoms. The van der Waals surface area contributed by atoms with Crippen LogP contribution >= 0.6 is 23.2 Å². The van der Waals surface area contributed by atoms with E-state index in [9.17, 15) is 13.2 Å². The van der Waals surface area contributed by atoms with Crippen molar-refractivity contribution in [2.45, 2.75) is 13.0 Å². The third-order valence-electron chi connectivity index (χ3n) is 2.96. The Balaban J connectivity index is 1.87. The SMILES string of the molecule is Fc1cc(CNCCc2ccc(Cl)cc2Cl)cc(F)c1F. The lowest BCUT2D eigenvalue weighted by atomic mass is 10.1. The van der Waals surface area contributed by atoms with E-state index in [0.717, 1.165) is 17.7 Å². The van der Waals surface area contributed by atoms with Crippen molar-refractivity contribution >= 4 is 23.2 Å². The van der Waals surface area contributed by atoms with Gasteiger partial charge < -0.3 is 5.32 Å². The highest BCUT2D eigenvalue weighted by Crippen LogP contribution is 2.21. The van der Waals surface area contributed by atoms with Crippen molar-refractivity contribution < 1.29 is 13.2 Å². The van der Waals surface area contributed by atoms with Crippen LogP contribution in [0.3, 0.4) is 0 Å². The van der Waals surface area contributed by atoms with Gasteiger partial charge in [-0.1, -0.05) is 29.3 Å². The van der Waals surface area contributed by atoms with Crippen molar-refractivity contribution in [1.29, 1.82) is 0 Å². The van der Waals surface area contributed by atoms with Crippen LogP contribution in [0.15, 0.2) is 30.3 Å². The van der Waals surface area contributed by atoms with Gasteiger partial charge >= 0.3 is 0 Å². The van der Waals surface area contributed by atoms with Gasteiger partial charge in [0.25, 0.3) is 0 Å². The summed E-state index contributed by atoms with van der Waals surface area (Å²) in [5.74, 6) is -3.83. The molecule has 0 fully saturated rings. The molecule has 0 unspecified atom stereocenters. The van der Waals surface area contributed by atoms with Gasteiger partial charge in [0.05, 0.1) is 0 Å². The van der Waals surface area contributed by atoms with Crippen LogP contribution in [0.4, 0.5) is 13.2 Å². The molecule has 6 heteroatoms. The lowest BCUT2D eigenvalue weighted by Gasteiger charge is -2.08. The minimum Gasteiger partial charge on any atom is -0.312 e. The standard InChI is InChI=1S/C15H12Cl2F3N/c16-11-2-1-10(12(17)7-11)3-4-21-8-9-5-13(18)15(20)14(19)6-9/h1-2,5-7,21H,3-4,8H2. The third-order valence-corrected chi connectivity index (χ3v) is 3.55. The van der Waals surface area contributed by atoms with E-state index in [1.54, 1.807) is 12.1 Å². The maximum absolute atomic E-state index is 13.0. The first-order valence-electron chi connectivity index (χ1n) is 6.25. The predicted octanol–water partition coefficient (Wildman–Crippen LogP) is 4.74. The lowest BCUT2D eigenvalue weighted by molar-refractivity contribution is 0.444. The van der Waals surface area contributed by atoms with Gasteiger partial charge in [0.15, 0.2) is 17.5 Å². The highest BCUT2D eigenvalue weighted by molar-refractivity contribution is 6.35. The zero-order valence-corrected chi connectivity index (χ0v) is 12.4. The number of halogens is 5. The van der Waals surface area contributed by atoms with E-state index in [0.29, 0.717) is 28.6 Å². The second-order valence-corrected chi connectivity index (χ2v) is 5.38. The maximum atomic E-state index is 13.0. The molecule has 0 aliphatic carbocycles. The average molecular weight is 334 g/mol. The van der Waals surface area contributed by atoms with Crippen LogP contribution in [0.5, 0.6) is 0 Å². The molecule has 0 aromatic heterocycles. The normalized spacial score (nSPS) is 10.9. The van der Waals surface area contributed by atoms with E-state index < -0.39 is 17.5 Å². The van der Waals surface area contributed by atoms with E-state index >= 15 is 0 Å². The molecule has 0 atom stereocenters. The third kappa shape index (κ3) is 4.37. The molecule has 0 aliphatic rings. The van der Waals surface area contributed by atoms with Crippen LogP contribution in [0.2, 0.25) is 10.0 Å². The Bertz CT molecular complexity index is 624. The van der Waals surface area contributed by atoms with Gasteiger partial charge in [0.2, 0.25) is 0 Å². The highest BCUT2D eigenvalue weighted by atomic mass is 35.5. The molecule has 0 radical (unpaired) electrons. The molecule has 0 saturated heterocycles. The topological polar surface area (TPSA) is 12.0 Å². The predicted molar refractivity (Wildman–Crippen MR) is 78.2 cm³/mol. The number of hydrogen-bond donors (Lipinski definition) is 1. The smallest absolute Gasteiger partial charge is 0.194 e. The fourth-order valence-electron chi connectivity index (χ4n) is 1.89. The van der Waals surface area contributed by atoms with Crippen molar-refractivity contribution in [1.82, 2.24) is 5.32 Å². The van der Waals surface area contributed by atoms with E-state index in [4.69, 9.17) is 23.2 Å². The summed E-state index contributed by atoms with van der Waals surface area (Å²) in [5.41, 5.74) is 1.26. The first-order valence-corrected chi connectivity index (χ1v) is 7.01. The minimum absolute atomic E-state index is 0.235. The molecular formula is C15H12Cl2F3N. The number of nitrogens with one attached hydrogen (secondary N) is 1. The van der Waals surface area contributed by atoms with E-state index in [2.05, 4.69) is 5.32 Å². The molecule has 0 saturated carbocycles. The Labute approximate surface area is 130 Å². The quantitative estimate of drug-likeness (QED) is 0.615. The molecule has 0 bridgehead atoms. The van der Waals surface area contributed by atoms with Gasteiger partial charge in [0.1, 0.15) is 0 Å². The minimum atomic E-state index is -1.45. The Hall–Kier alpha value is -1.23. The first kappa shape index (κ1) is 16.1. The fourth-order valence-corrected chi connectivity index (χ4v) is 2.39. The molecular weight excluding hydrogens is 322 g/mol. The largest absolute Gasteiger partial charge is 0.312 e. The molecule has 1 nitrogen and oxygen atoms in total. The Kier molecular flexibility index (Phi) is 5.51. The van der Waals surface area contributed by atoms with Gasteiger partial charge in [-0.25, -0.2) is 13.2 Å². The molecule has 21 heavy (non-hydrogen) atoms. The fraction of sp³-hybridized carbons (Fsp3) is 0.200. The van der Waals surface area contributed by atoms with Crippen molar-refractivity contribution in [2.24, 2.45) is 0 Å². The molecule has 0 aliphatic heterocycles. The Morgan fingerprint density at radius 2 is 1.62 bits per heavy atom. The molecule has 112 valence electrons. The summed E-state index contributed by atoms with van der Waals surface area (Å²) >= 11 is 11.8. The molecule has 2 aromatic carbocycles. The van der Waals surface area contributed by atoms with Crippen molar-refractivity contribution in [3.8, 4) is 0 Å². The lowest BCUT2D eigenvalue weighted by Crippen LogP contribution is -2.17. The van der Waals surface area contributed by atoms with Crippen LogP contribution in [0.1, 0.15) is 11.1 Å². The summed E-state index contributed by atoms with van der Waals surface area (Å²) in [4.78, 5) is 0. The second-order valence-electron chi connectivity index (χ2n) is 4.54. The van der Waals surface area contributed by atoms with Gasteiger partial charge in [-0.2, -0.15) is 0 Å². The van der Waals surface area contributed by atoms with Crippen LogP contribution in [-0.2, 0) is 13.0 Å². The molecule has 0 heterocycles. The summed E-state index contributed by atoms with van der Waals surface area (Å²) in [7, 11) is 0. The summed E-state index contributed by atoms with van der Waals surface area (Å²) < 4.78 is 38.9. The average Bonchev–Trinajstić information content (AvgIpc) is 2.42. The van der Waals surface area contributed by atoms with E-state index in [-0.39, 0.29) is 6.54 Å². The number of rotatable bonds is 5. The summed E-state index contributed by atoms with van der Waals surface area (Å²) in [6.07, 6.45) is 0.641. The monoisotopic (exact) mass is 333 g/mol. The molecule has 0 amide bonds. The van der Waals surface area contributed by atoms with Gasteiger partial charge in [-0.05, 0) is 48.4 Å². The second kappa shape index (κ2) is 7.16. The molecule has 2 rings (SSSR count). The van der Waals surface area contributed by atoms with Crippen molar-refractivity contribution in [2.75, 3.05) is 6.54 Å². The summed E-state index contributed by atoms with van der Waals surface area (Å²) in [5, 5.41) is 4.15. The van der Waals surface area contributed by atoms with Gasteiger partial charge in [0, 0.05) is 16.6 Å². The zero-order chi connectivity index (χ0) is 15.4.